The third-order valence-electron chi connectivity index (χ3n) is 6.59. The summed E-state index contributed by atoms with van der Waals surface area (Å²) in [6.45, 7) is 1.08. The monoisotopic (exact) mass is 624 g/mol. The number of methoxy groups -OCH3 is 2. The summed E-state index contributed by atoms with van der Waals surface area (Å²) in [5.41, 5.74) is 1.75. The van der Waals surface area contributed by atoms with E-state index in [4.69, 9.17) is 29.7 Å². The molecular formula is C32H28N6O8. The maximum absolute atomic E-state index is 10.1. The summed E-state index contributed by atoms with van der Waals surface area (Å²) in [5, 5.41) is 48.8. The van der Waals surface area contributed by atoms with Crippen molar-refractivity contribution in [1.29, 1.82) is 10.5 Å². The van der Waals surface area contributed by atoms with Crippen LogP contribution in [0.3, 0.4) is 0 Å². The molecule has 14 heteroatoms. The number of fused-ring (bicyclic) bond motifs is 1. The summed E-state index contributed by atoms with van der Waals surface area (Å²) in [6, 6.07) is 19.9. The molecule has 1 atom stereocenters. The van der Waals surface area contributed by atoms with Gasteiger partial charge in [0.15, 0.2) is 11.5 Å². The summed E-state index contributed by atoms with van der Waals surface area (Å²) in [6.07, 6.45) is 1.31. The van der Waals surface area contributed by atoms with Gasteiger partial charge in [-0.25, -0.2) is 9.59 Å². The van der Waals surface area contributed by atoms with Crippen LogP contribution in [0.15, 0.2) is 66.7 Å². The van der Waals surface area contributed by atoms with Crippen LogP contribution < -0.4 is 24.4 Å². The second-order valence-corrected chi connectivity index (χ2v) is 9.69. The minimum absolute atomic E-state index is 0.233. The standard InChI is InChI=1S/C28H24N6O4.C4H4O4/c1-36-23-12-19-11-18(15-30)5-8-22(19)26(37-2)27(23)38-25-13-24(34-10-9-21(35)16-34)32-28(33-25)31-20-6-3-17(14-29)4-7-20;5-3(6)1-2-4(7)8/h3-8,11-13,21,35H,9-10,16H2,1-2H3,(H,31,32,33);1-2H,(H,5,6)(H,7,8)/b;2-1-. The number of aliphatic carboxylic acids is 2. The van der Waals surface area contributed by atoms with Crippen LogP contribution in [-0.4, -0.2) is 70.6 Å². The molecule has 2 heterocycles. The third kappa shape index (κ3) is 8.16. The fourth-order valence-corrected chi connectivity index (χ4v) is 4.49. The third-order valence-corrected chi connectivity index (χ3v) is 6.59. The van der Waals surface area contributed by atoms with Gasteiger partial charge in [0, 0.05) is 42.4 Å². The van der Waals surface area contributed by atoms with Crippen molar-refractivity contribution in [3.8, 4) is 35.3 Å². The first-order valence-corrected chi connectivity index (χ1v) is 13.6. The number of rotatable bonds is 9. The Morgan fingerprint density at radius 1 is 0.935 bits per heavy atom. The SMILES string of the molecule is COc1cc2cc(C#N)ccc2c(OC)c1Oc1cc(N2CCC(O)C2)nc(Nc2ccc(C#N)cc2)n1.O=C(O)/C=C\C(=O)O. The Kier molecular flexibility index (Phi) is 10.5. The maximum atomic E-state index is 10.1. The van der Waals surface area contributed by atoms with Crippen LogP contribution in [0.2, 0.25) is 0 Å². The highest BCUT2D eigenvalue weighted by molar-refractivity contribution is 5.94. The predicted molar refractivity (Wildman–Crippen MR) is 166 cm³/mol. The van der Waals surface area contributed by atoms with Gasteiger partial charge in [-0.2, -0.15) is 20.5 Å². The van der Waals surface area contributed by atoms with Crippen LogP contribution in [0.5, 0.6) is 23.1 Å². The topological polar surface area (TPSA) is 211 Å². The lowest BCUT2D eigenvalue weighted by Crippen LogP contribution is -2.22. The molecule has 3 aromatic carbocycles. The van der Waals surface area contributed by atoms with Gasteiger partial charge in [0.05, 0.1) is 43.6 Å². The van der Waals surface area contributed by atoms with Crippen LogP contribution in [-0.2, 0) is 9.59 Å². The van der Waals surface area contributed by atoms with E-state index in [1.165, 1.54) is 14.2 Å². The fourth-order valence-electron chi connectivity index (χ4n) is 4.49. The minimum Gasteiger partial charge on any atom is -0.493 e. The van der Waals surface area contributed by atoms with Gasteiger partial charge in [0.25, 0.3) is 0 Å². The van der Waals surface area contributed by atoms with Gasteiger partial charge in [-0.1, -0.05) is 0 Å². The highest BCUT2D eigenvalue weighted by atomic mass is 16.5. The van der Waals surface area contributed by atoms with Crippen molar-refractivity contribution in [3.05, 3.63) is 77.9 Å². The molecule has 4 aromatic rings. The largest absolute Gasteiger partial charge is 0.493 e. The number of nitrogens with zero attached hydrogens (tertiary/aromatic N) is 5. The van der Waals surface area contributed by atoms with E-state index in [0.717, 1.165) is 10.8 Å². The van der Waals surface area contributed by atoms with Crippen molar-refractivity contribution in [1.82, 2.24) is 9.97 Å². The highest BCUT2D eigenvalue weighted by Crippen LogP contribution is 2.46. The number of hydrogen-bond acceptors (Lipinski definition) is 12. The number of carboxylic acids is 2. The molecule has 46 heavy (non-hydrogen) atoms. The zero-order chi connectivity index (χ0) is 33.2. The van der Waals surface area contributed by atoms with Crippen LogP contribution >= 0.6 is 0 Å². The molecule has 5 rings (SSSR count). The van der Waals surface area contributed by atoms with Crippen molar-refractivity contribution in [2.24, 2.45) is 0 Å². The van der Waals surface area contributed by atoms with E-state index in [-0.39, 0.29) is 11.8 Å². The summed E-state index contributed by atoms with van der Waals surface area (Å²) in [7, 11) is 3.06. The number of nitriles is 2. The quantitative estimate of drug-likeness (QED) is 0.192. The van der Waals surface area contributed by atoms with Crippen molar-refractivity contribution in [2.45, 2.75) is 12.5 Å². The average molecular weight is 625 g/mol. The molecule has 1 saturated heterocycles. The van der Waals surface area contributed by atoms with Gasteiger partial charge in [0.2, 0.25) is 17.6 Å². The van der Waals surface area contributed by atoms with Gasteiger partial charge < -0.3 is 39.7 Å². The van der Waals surface area contributed by atoms with Gasteiger partial charge in [-0.05, 0) is 60.3 Å². The Hall–Kier alpha value is -6.38. The van der Waals surface area contributed by atoms with Crippen molar-refractivity contribution in [3.63, 3.8) is 0 Å². The molecule has 1 unspecified atom stereocenters. The van der Waals surface area contributed by atoms with Crippen LogP contribution in [0.4, 0.5) is 17.5 Å². The van der Waals surface area contributed by atoms with E-state index in [1.54, 1.807) is 54.6 Å². The molecule has 234 valence electrons. The second kappa shape index (κ2) is 14.9. The Bertz CT molecular complexity index is 1850. The first-order valence-electron chi connectivity index (χ1n) is 13.6. The number of nitrogens with one attached hydrogen (secondary N) is 1. The molecule has 0 aliphatic carbocycles. The van der Waals surface area contributed by atoms with Crippen LogP contribution in [0.25, 0.3) is 10.8 Å². The first-order chi connectivity index (χ1) is 22.1. The number of ether oxygens (including phenoxy) is 3. The summed E-state index contributed by atoms with van der Waals surface area (Å²) in [4.78, 5) is 30.3. The molecule has 0 saturated carbocycles. The molecule has 1 aliphatic heterocycles. The number of aliphatic hydroxyl groups excluding tert-OH is 1. The zero-order valence-electron chi connectivity index (χ0n) is 24.7. The van der Waals surface area contributed by atoms with Gasteiger partial charge in [-0.3, -0.25) is 0 Å². The van der Waals surface area contributed by atoms with Crippen molar-refractivity contribution in [2.75, 3.05) is 37.5 Å². The number of carboxylic acid groups (broad SMARTS) is 2. The normalized spacial score (nSPS) is 13.7. The molecule has 1 fully saturated rings. The predicted octanol–water partition coefficient (Wildman–Crippen LogP) is 4.21. The fraction of sp³-hybridized carbons (Fsp3) is 0.188. The Morgan fingerprint density at radius 2 is 1.61 bits per heavy atom. The molecule has 14 nitrogen and oxygen atoms in total. The summed E-state index contributed by atoms with van der Waals surface area (Å²) in [5.74, 6) is -0.259. The lowest BCUT2D eigenvalue weighted by molar-refractivity contribution is -0.134. The number of carbonyl (C=O) groups is 2. The van der Waals surface area contributed by atoms with E-state index in [2.05, 4.69) is 27.4 Å². The second-order valence-electron chi connectivity index (χ2n) is 9.69. The van der Waals surface area contributed by atoms with E-state index in [1.807, 2.05) is 4.90 Å². The molecule has 0 bridgehead atoms. The van der Waals surface area contributed by atoms with E-state index in [9.17, 15) is 20.0 Å². The number of hydrogen-bond donors (Lipinski definition) is 4. The molecule has 0 radical (unpaired) electrons. The molecule has 0 spiro atoms. The summed E-state index contributed by atoms with van der Waals surface area (Å²) >= 11 is 0. The van der Waals surface area contributed by atoms with Gasteiger partial charge in [-0.15, -0.1) is 0 Å². The van der Waals surface area contributed by atoms with E-state index >= 15 is 0 Å². The highest BCUT2D eigenvalue weighted by Gasteiger charge is 2.24. The number of aromatic nitrogens is 2. The van der Waals surface area contributed by atoms with Crippen LogP contribution in [0, 0.1) is 22.7 Å². The number of aliphatic hydroxyl groups is 1. The van der Waals surface area contributed by atoms with Crippen LogP contribution in [0.1, 0.15) is 17.5 Å². The molecular weight excluding hydrogens is 596 g/mol. The Morgan fingerprint density at radius 3 is 2.17 bits per heavy atom. The lowest BCUT2D eigenvalue weighted by Gasteiger charge is -2.20. The van der Waals surface area contributed by atoms with Gasteiger partial charge in [0.1, 0.15) is 5.82 Å². The molecule has 0 amide bonds. The Balaban J connectivity index is 0.000000533. The minimum atomic E-state index is -1.26. The smallest absolute Gasteiger partial charge is 0.328 e. The Labute approximate surface area is 262 Å². The number of benzene rings is 3. The van der Waals surface area contributed by atoms with Crippen molar-refractivity contribution >= 4 is 40.2 Å². The first kappa shape index (κ1) is 32.5. The van der Waals surface area contributed by atoms with E-state index < -0.39 is 18.0 Å². The molecule has 4 N–H and O–H groups in total. The molecule has 1 aromatic heterocycles. The average Bonchev–Trinajstić information content (AvgIpc) is 3.50. The summed E-state index contributed by atoms with van der Waals surface area (Å²) < 4.78 is 17.6. The molecule has 1 aliphatic rings. The lowest BCUT2D eigenvalue weighted by atomic mass is 10.1. The maximum Gasteiger partial charge on any atom is 0.328 e. The zero-order valence-corrected chi connectivity index (χ0v) is 24.7. The van der Waals surface area contributed by atoms with Gasteiger partial charge >= 0.3 is 11.9 Å². The van der Waals surface area contributed by atoms with Crippen molar-refractivity contribution < 1.29 is 39.1 Å². The number of β-amino-alcohol motifs (C(OH)–C–C–N with tert-alkyl or cyclic N) is 1. The number of anilines is 3. The van der Waals surface area contributed by atoms with E-state index in [0.29, 0.717) is 71.5 Å².